The molecule has 0 unspecified atom stereocenters. The number of imidazole rings is 1. The van der Waals surface area contributed by atoms with Crippen LogP contribution in [0.3, 0.4) is 0 Å². The molecule has 0 bridgehead atoms. The van der Waals surface area contributed by atoms with Crippen molar-refractivity contribution in [3.63, 3.8) is 0 Å². The lowest BCUT2D eigenvalue weighted by molar-refractivity contribution is 0.175. The maximum Gasteiger partial charge on any atom is 0.106 e. The molecule has 0 saturated heterocycles. The van der Waals surface area contributed by atoms with Crippen molar-refractivity contribution < 1.29 is 0 Å². The first kappa shape index (κ1) is 11.6. The lowest BCUT2D eigenvalue weighted by atomic mass is 10.2. The average molecular weight is 222 g/mol. The summed E-state index contributed by atoms with van der Waals surface area (Å²) in [6.07, 6.45) is 0.898. The van der Waals surface area contributed by atoms with Gasteiger partial charge in [-0.2, -0.15) is 0 Å². The quantitative estimate of drug-likeness (QED) is 0.827. The highest BCUT2D eigenvalue weighted by Crippen LogP contribution is 2.20. The molecule has 2 heterocycles. The lowest BCUT2D eigenvalue weighted by Gasteiger charge is -2.32. The zero-order valence-corrected chi connectivity index (χ0v) is 10.5. The number of rotatable bonds is 3. The SMILES string of the molecule is Cc1nc(CCN)c2n1CCN(C(C)C)C2. The van der Waals surface area contributed by atoms with Crippen LogP contribution in [0.5, 0.6) is 0 Å². The molecule has 2 rings (SSSR count). The van der Waals surface area contributed by atoms with Crippen molar-refractivity contribution in [1.29, 1.82) is 0 Å². The number of nitrogens with zero attached hydrogens (tertiary/aromatic N) is 3. The molecule has 1 aliphatic rings. The fourth-order valence-corrected chi connectivity index (χ4v) is 2.42. The Balaban J connectivity index is 2.27. The van der Waals surface area contributed by atoms with Crippen molar-refractivity contribution in [1.82, 2.24) is 14.5 Å². The molecule has 4 heteroatoms. The molecule has 90 valence electrons. The molecule has 4 nitrogen and oxygen atoms in total. The molecular formula is C12H22N4. The number of hydrogen-bond acceptors (Lipinski definition) is 3. The highest BCUT2D eigenvalue weighted by atomic mass is 15.2. The van der Waals surface area contributed by atoms with Crippen LogP contribution in [0.2, 0.25) is 0 Å². The third-order valence-electron chi connectivity index (χ3n) is 3.42. The summed E-state index contributed by atoms with van der Waals surface area (Å²) >= 11 is 0. The Morgan fingerprint density at radius 3 is 2.75 bits per heavy atom. The molecule has 16 heavy (non-hydrogen) atoms. The van der Waals surface area contributed by atoms with Gasteiger partial charge in [0.1, 0.15) is 5.82 Å². The Kier molecular flexibility index (Phi) is 3.30. The van der Waals surface area contributed by atoms with Crippen LogP contribution in [-0.4, -0.2) is 33.6 Å². The normalized spacial score (nSPS) is 16.8. The first-order valence-corrected chi connectivity index (χ1v) is 6.12. The van der Waals surface area contributed by atoms with E-state index in [1.54, 1.807) is 0 Å². The van der Waals surface area contributed by atoms with Gasteiger partial charge in [0.25, 0.3) is 0 Å². The Bertz CT molecular complexity index is 367. The van der Waals surface area contributed by atoms with Gasteiger partial charge in [-0.3, -0.25) is 4.90 Å². The first-order valence-electron chi connectivity index (χ1n) is 6.12. The smallest absolute Gasteiger partial charge is 0.106 e. The van der Waals surface area contributed by atoms with Gasteiger partial charge in [-0.1, -0.05) is 0 Å². The van der Waals surface area contributed by atoms with E-state index in [2.05, 4.69) is 35.2 Å². The van der Waals surface area contributed by atoms with Crippen molar-refractivity contribution in [2.75, 3.05) is 13.1 Å². The molecule has 1 aromatic rings. The molecule has 1 aromatic heterocycles. The van der Waals surface area contributed by atoms with E-state index in [0.717, 1.165) is 31.9 Å². The van der Waals surface area contributed by atoms with Crippen molar-refractivity contribution >= 4 is 0 Å². The van der Waals surface area contributed by atoms with Crippen LogP contribution < -0.4 is 5.73 Å². The summed E-state index contributed by atoms with van der Waals surface area (Å²) in [6.45, 7) is 10.5. The van der Waals surface area contributed by atoms with Gasteiger partial charge in [-0.25, -0.2) is 4.98 Å². The number of aromatic nitrogens is 2. The van der Waals surface area contributed by atoms with E-state index in [1.165, 1.54) is 11.4 Å². The topological polar surface area (TPSA) is 47.1 Å². The minimum Gasteiger partial charge on any atom is -0.330 e. The number of nitrogens with two attached hydrogens (primary N) is 1. The molecule has 0 amide bonds. The summed E-state index contributed by atoms with van der Waals surface area (Å²) in [7, 11) is 0. The Hall–Kier alpha value is -0.870. The molecule has 1 aliphatic heterocycles. The fraction of sp³-hybridized carbons (Fsp3) is 0.750. The second kappa shape index (κ2) is 4.55. The Morgan fingerprint density at radius 1 is 1.38 bits per heavy atom. The Morgan fingerprint density at radius 2 is 2.12 bits per heavy atom. The highest BCUT2D eigenvalue weighted by Gasteiger charge is 2.23. The molecule has 0 radical (unpaired) electrons. The molecular weight excluding hydrogens is 200 g/mol. The van der Waals surface area contributed by atoms with Crippen molar-refractivity contribution in [2.24, 2.45) is 5.73 Å². The van der Waals surface area contributed by atoms with E-state index in [9.17, 15) is 0 Å². The minimum atomic E-state index is 0.606. The summed E-state index contributed by atoms with van der Waals surface area (Å²) in [5.41, 5.74) is 8.21. The van der Waals surface area contributed by atoms with Gasteiger partial charge in [0.15, 0.2) is 0 Å². The Labute approximate surface area is 97.4 Å². The van der Waals surface area contributed by atoms with E-state index in [1.807, 2.05) is 0 Å². The summed E-state index contributed by atoms with van der Waals surface area (Å²) < 4.78 is 2.35. The van der Waals surface area contributed by atoms with Gasteiger partial charge in [0.05, 0.1) is 11.4 Å². The van der Waals surface area contributed by atoms with Crippen LogP contribution in [-0.2, 0) is 19.5 Å². The summed E-state index contributed by atoms with van der Waals surface area (Å²) in [5, 5.41) is 0. The zero-order chi connectivity index (χ0) is 11.7. The predicted octanol–water partition coefficient (Wildman–Crippen LogP) is 0.917. The molecule has 0 saturated carbocycles. The third kappa shape index (κ3) is 1.99. The molecule has 0 fully saturated rings. The zero-order valence-electron chi connectivity index (χ0n) is 10.5. The average Bonchev–Trinajstić information content (AvgIpc) is 2.56. The first-order chi connectivity index (χ1) is 7.63. The number of hydrogen-bond donors (Lipinski definition) is 1. The van der Waals surface area contributed by atoms with Gasteiger partial charge in [-0.05, 0) is 27.3 Å². The fourth-order valence-electron chi connectivity index (χ4n) is 2.42. The monoisotopic (exact) mass is 222 g/mol. The van der Waals surface area contributed by atoms with E-state index in [-0.39, 0.29) is 0 Å². The van der Waals surface area contributed by atoms with E-state index >= 15 is 0 Å². The maximum atomic E-state index is 5.63. The summed E-state index contributed by atoms with van der Waals surface area (Å²) in [5.74, 6) is 1.14. The second-order valence-electron chi connectivity index (χ2n) is 4.81. The van der Waals surface area contributed by atoms with Crippen molar-refractivity contribution in [3.05, 3.63) is 17.2 Å². The van der Waals surface area contributed by atoms with E-state index < -0.39 is 0 Å². The molecule has 0 spiro atoms. The number of aryl methyl sites for hydroxylation is 1. The van der Waals surface area contributed by atoms with Crippen molar-refractivity contribution in [3.8, 4) is 0 Å². The van der Waals surface area contributed by atoms with Crippen LogP contribution in [0.15, 0.2) is 0 Å². The van der Waals surface area contributed by atoms with Crippen LogP contribution in [0, 0.1) is 6.92 Å². The third-order valence-corrected chi connectivity index (χ3v) is 3.42. The van der Waals surface area contributed by atoms with Crippen LogP contribution in [0.4, 0.5) is 0 Å². The number of fused-ring (bicyclic) bond motifs is 1. The van der Waals surface area contributed by atoms with E-state index in [0.29, 0.717) is 12.6 Å². The molecule has 0 aromatic carbocycles. The second-order valence-corrected chi connectivity index (χ2v) is 4.81. The molecule has 0 atom stereocenters. The summed E-state index contributed by atoms with van der Waals surface area (Å²) in [6, 6.07) is 0.606. The van der Waals surface area contributed by atoms with Gasteiger partial charge in [0, 0.05) is 32.1 Å². The van der Waals surface area contributed by atoms with Gasteiger partial charge < -0.3 is 10.3 Å². The minimum absolute atomic E-state index is 0.606. The predicted molar refractivity (Wildman–Crippen MR) is 65.3 cm³/mol. The van der Waals surface area contributed by atoms with Crippen LogP contribution in [0.25, 0.3) is 0 Å². The van der Waals surface area contributed by atoms with Gasteiger partial charge in [0.2, 0.25) is 0 Å². The standard InChI is InChI=1S/C12H22N4/c1-9(2)15-6-7-16-10(3)14-11(4-5-13)12(16)8-15/h9H,4-8,13H2,1-3H3. The van der Waals surface area contributed by atoms with Gasteiger partial charge >= 0.3 is 0 Å². The van der Waals surface area contributed by atoms with Crippen molar-refractivity contribution in [2.45, 2.75) is 46.3 Å². The lowest BCUT2D eigenvalue weighted by Crippen LogP contribution is -2.38. The van der Waals surface area contributed by atoms with Gasteiger partial charge in [-0.15, -0.1) is 0 Å². The largest absolute Gasteiger partial charge is 0.330 e. The molecule has 2 N–H and O–H groups in total. The maximum absolute atomic E-state index is 5.63. The highest BCUT2D eigenvalue weighted by molar-refractivity contribution is 5.19. The molecule has 0 aliphatic carbocycles. The van der Waals surface area contributed by atoms with E-state index in [4.69, 9.17) is 5.73 Å². The van der Waals surface area contributed by atoms with Crippen LogP contribution in [0.1, 0.15) is 31.1 Å². The summed E-state index contributed by atoms with van der Waals surface area (Å²) in [4.78, 5) is 7.13. The van der Waals surface area contributed by atoms with Crippen LogP contribution >= 0.6 is 0 Å².